The van der Waals surface area contributed by atoms with Gasteiger partial charge in [0, 0.05) is 19.2 Å². The van der Waals surface area contributed by atoms with E-state index in [0.29, 0.717) is 11.3 Å². The fourth-order valence-electron chi connectivity index (χ4n) is 1.54. The van der Waals surface area contributed by atoms with Gasteiger partial charge in [0.15, 0.2) is 5.88 Å². The topological polar surface area (TPSA) is 85.6 Å². The number of hydrogen-bond donors (Lipinski definition) is 3. The highest BCUT2D eigenvalue weighted by molar-refractivity contribution is 5.83. The standard InChI is InChI=1S/C9H13N3O3/c1-11-6-4-8(10)12(15-3-2-13)7(6)5-9(11)14/h4-5,13-14H,2-3,10H2,1H3. The Bertz CT molecular complexity index is 486. The minimum atomic E-state index is -0.0854. The van der Waals surface area contributed by atoms with Gasteiger partial charge >= 0.3 is 0 Å². The largest absolute Gasteiger partial charge is 0.494 e. The van der Waals surface area contributed by atoms with Gasteiger partial charge in [-0.1, -0.05) is 0 Å². The minimum absolute atomic E-state index is 0.0854. The molecule has 0 aromatic carbocycles. The highest BCUT2D eigenvalue weighted by Gasteiger charge is 2.13. The first kappa shape index (κ1) is 9.72. The highest BCUT2D eigenvalue weighted by atomic mass is 16.7. The normalized spacial score (nSPS) is 11.1. The maximum Gasteiger partial charge on any atom is 0.193 e. The number of aromatic hydroxyl groups is 1. The van der Waals surface area contributed by atoms with Crippen LogP contribution in [-0.2, 0) is 7.05 Å². The Kier molecular flexibility index (Phi) is 2.20. The van der Waals surface area contributed by atoms with Gasteiger partial charge in [-0.2, -0.15) is 4.73 Å². The Hall–Kier alpha value is -1.82. The number of aromatic nitrogens is 2. The van der Waals surface area contributed by atoms with Crippen LogP contribution in [0.4, 0.5) is 5.82 Å². The van der Waals surface area contributed by atoms with E-state index in [9.17, 15) is 5.11 Å². The van der Waals surface area contributed by atoms with Gasteiger partial charge in [-0.05, 0) is 0 Å². The lowest BCUT2D eigenvalue weighted by atomic mass is 10.5. The van der Waals surface area contributed by atoms with Crippen LogP contribution in [0, 0.1) is 0 Å². The van der Waals surface area contributed by atoms with Crippen molar-refractivity contribution < 1.29 is 15.1 Å². The number of nitrogens with two attached hydrogens (primary N) is 1. The second kappa shape index (κ2) is 3.39. The molecule has 0 aliphatic heterocycles. The molecule has 0 radical (unpaired) electrons. The molecule has 6 heteroatoms. The summed E-state index contributed by atoms with van der Waals surface area (Å²) >= 11 is 0. The summed E-state index contributed by atoms with van der Waals surface area (Å²) in [7, 11) is 1.73. The van der Waals surface area contributed by atoms with E-state index < -0.39 is 0 Å². The molecule has 0 saturated carbocycles. The summed E-state index contributed by atoms with van der Waals surface area (Å²) in [5.41, 5.74) is 7.18. The molecule has 82 valence electrons. The van der Waals surface area contributed by atoms with Crippen molar-refractivity contribution in [2.24, 2.45) is 7.05 Å². The quantitative estimate of drug-likeness (QED) is 0.650. The molecule has 2 aromatic heterocycles. The monoisotopic (exact) mass is 211 g/mol. The third-order valence-electron chi connectivity index (χ3n) is 2.28. The van der Waals surface area contributed by atoms with Crippen molar-refractivity contribution in [2.75, 3.05) is 18.9 Å². The van der Waals surface area contributed by atoms with Crippen LogP contribution in [0.25, 0.3) is 11.0 Å². The molecule has 6 nitrogen and oxygen atoms in total. The molecule has 0 bridgehead atoms. The Morgan fingerprint density at radius 1 is 1.40 bits per heavy atom. The summed E-state index contributed by atoms with van der Waals surface area (Å²) in [5.74, 6) is 0.574. The molecule has 0 aliphatic carbocycles. The van der Waals surface area contributed by atoms with Crippen molar-refractivity contribution in [1.29, 1.82) is 0 Å². The summed E-state index contributed by atoms with van der Waals surface area (Å²) in [4.78, 5) is 5.22. The van der Waals surface area contributed by atoms with Crippen LogP contribution < -0.4 is 10.6 Å². The lowest BCUT2D eigenvalue weighted by molar-refractivity contribution is 0.0867. The van der Waals surface area contributed by atoms with Crippen molar-refractivity contribution in [3.63, 3.8) is 0 Å². The number of nitrogen functional groups attached to an aromatic ring is 1. The van der Waals surface area contributed by atoms with Crippen LogP contribution in [0.2, 0.25) is 0 Å². The number of aliphatic hydroxyl groups is 1. The van der Waals surface area contributed by atoms with Crippen molar-refractivity contribution in [2.45, 2.75) is 0 Å². The lowest BCUT2D eigenvalue weighted by Gasteiger charge is -2.06. The van der Waals surface area contributed by atoms with E-state index in [4.69, 9.17) is 15.7 Å². The molecule has 0 spiro atoms. The minimum Gasteiger partial charge on any atom is -0.494 e. The number of rotatable bonds is 3. The van der Waals surface area contributed by atoms with E-state index in [1.54, 1.807) is 23.7 Å². The average molecular weight is 211 g/mol. The van der Waals surface area contributed by atoms with Crippen molar-refractivity contribution in [3.05, 3.63) is 12.1 Å². The first-order valence-corrected chi connectivity index (χ1v) is 4.55. The van der Waals surface area contributed by atoms with Gasteiger partial charge < -0.3 is 25.4 Å². The molecule has 2 heterocycles. The third-order valence-corrected chi connectivity index (χ3v) is 2.28. The molecule has 0 saturated heterocycles. The van der Waals surface area contributed by atoms with Crippen LogP contribution in [0.15, 0.2) is 12.1 Å². The molecule has 2 rings (SSSR count). The Morgan fingerprint density at radius 2 is 2.13 bits per heavy atom. The van der Waals surface area contributed by atoms with Crippen molar-refractivity contribution in [1.82, 2.24) is 9.30 Å². The fraction of sp³-hybridized carbons (Fsp3) is 0.333. The first-order chi connectivity index (χ1) is 7.15. The van der Waals surface area contributed by atoms with Gasteiger partial charge in [0.1, 0.15) is 17.9 Å². The van der Waals surface area contributed by atoms with E-state index in [1.165, 1.54) is 4.73 Å². The lowest BCUT2D eigenvalue weighted by Crippen LogP contribution is -2.16. The molecule has 0 amide bonds. The van der Waals surface area contributed by atoms with Crippen LogP contribution in [0.3, 0.4) is 0 Å². The molecule has 0 unspecified atom stereocenters. The highest BCUT2D eigenvalue weighted by Crippen LogP contribution is 2.26. The number of nitrogens with zero attached hydrogens (tertiary/aromatic N) is 2. The van der Waals surface area contributed by atoms with E-state index in [0.717, 1.165) is 5.52 Å². The molecular formula is C9H13N3O3. The fourth-order valence-corrected chi connectivity index (χ4v) is 1.54. The molecule has 0 aliphatic rings. The number of fused-ring (bicyclic) bond motifs is 1. The Balaban J connectivity index is 2.52. The summed E-state index contributed by atoms with van der Waals surface area (Å²) in [6, 6.07) is 3.26. The maximum atomic E-state index is 9.48. The zero-order valence-electron chi connectivity index (χ0n) is 8.34. The van der Waals surface area contributed by atoms with E-state index in [-0.39, 0.29) is 19.1 Å². The second-order valence-electron chi connectivity index (χ2n) is 3.25. The van der Waals surface area contributed by atoms with Gasteiger partial charge in [-0.25, -0.2) is 0 Å². The van der Waals surface area contributed by atoms with E-state index in [1.807, 2.05) is 0 Å². The van der Waals surface area contributed by atoms with Gasteiger partial charge in [-0.3, -0.25) is 0 Å². The van der Waals surface area contributed by atoms with E-state index in [2.05, 4.69) is 0 Å². The predicted octanol–water partition coefficient (Wildman–Crippen LogP) is -0.312. The molecule has 0 atom stereocenters. The first-order valence-electron chi connectivity index (χ1n) is 4.55. The molecule has 2 aromatic rings. The number of hydrogen-bond acceptors (Lipinski definition) is 4. The van der Waals surface area contributed by atoms with Crippen molar-refractivity contribution in [3.8, 4) is 5.88 Å². The smallest absolute Gasteiger partial charge is 0.193 e. The molecule has 15 heavy (non-hydrogen) atoms. The SMILES string of the molecule is Cn1c(O)cc2c1cc(N)n2OCCO. The second-order valence-corrected chi connectivity index (χ2v) is 3.25. The zero-order chi connectivity index (χ0) is 11.0. The molecular weight excluding hydrogens is 198 g/mol. The summed E-state index contributed by atoms with van der Waals surface area (Å²) < 4.78 is 3.00. The number of aryl methyl sites for hydroxylation is 1. The van der Waals surface area contributed by atoms with Crippen LogP contribution in [0.1, 0.15) is 0 Å². The van der Waals surface area contributed by atoms with Gasteiger partial charge in [0.25, 0.3) is 0 Å². The Labute approximate surface area is 86.0 Å². The Morgan fingerprint density at radius 3 is 2.80 bits per heavy atom. The van der Waals surface area contributed by atoms with Gasteiger partial charge in [0.05, 0.1) is 12.1 Å². The predicted molar refractivity (Wildman–Crippen MR) is 55.5 cm³/mol. The van der Waals surface area contributed by atoms with E-state index >= 15 is 0 Å². The summed E-state index contributed by atoms with van der Waals surface area (Å²) in [6.45, 7) is 0.0710. The zero-order valence-corrected chi connectivity index (χ0v) is 8.34. The van der Waals surface area contributed by atoms with Gasteiger partial charge in [0.2, 0.25) is 0 Å². The maximum absolute atomic E-state index is 9.48. The van der Waals surface area contributed by atoms with Gasteiger partial charge in [-0.15, -0.1) is 0 Å². The molecule has 4 N–H and O–H groups in total. The molecule has 0 fully saturated rings. The number of aliphatic hydroxyl groups excluding tert-OH is 1. The van der Waals surface area contributed by atoms with Crippen molar-refractivity contribution >= 4 is 16.9 Å². The number of anilines is 1. The van der Waals surface area contributed by atoms with Crippen LogP contribution in [0.5, 0.6) is 5.88 Å². The van der Waals surface area contributed by atoms with Crippen LogP contribution >= 0.6 is 0 Å². The summed E-state index contributed by atoms with van der Waals surface area (Å²) in [6.07, 6.45) is 0. The third kappa shape index (κ3) is 1.39. The average Bonchev–Trinajstić information content (AvgIpc) is 2.64. The van der Waals surface area contributed by atoms with Crippen LogP contribution in [-0.4, -0.2) is 32.7 Å². The summed E-state index contributed by atoms with van der Waals surface area (Å²) in [5, 5.41) is 18.1.